The minimum absolute atomic E-state index is 0.180. The van der Waals surface area contributed by atoms with Crippen molar-refractivity contribution >= 4 is 21.8 Å². The summed E-state index contributed by atoms with van der Waals surface area (Å²) in [5, 5.41) is 3.47. The van der Waals surface area contributed by atoms with Gasteiger partial charge in [0.05, 0.1) is 6.54 Å². The Morgan fingerprint density at radius 3 is 3.00 bits per heavy atom. The second-order valence-corrected chi connectivity index (χ2v) is 5.92. The van der Waals surface area contributed by atoms with Crippen molar-refractivity contribution in [1.82, 2.24) is 10.2 Å². The van der Waals surface area contributed by atoms with Crippen molar-refractivity contribution in [2.24, 2.45) is 0 Å². The zero-order chi connectivity index (χ0) is 13.7. The van der Waals surface area contributed by atoms with Gasteiger partial charge in [0.15, 0.2) is 4.67 Å². The van der Waals surface area contributed by atoms with Gasteiger partial charge in [-0.25, -0.2) is 0 Å². The first-order chi connectivity index (χ1) is 9.15. The molecule has 1 unspecified atom stereocenters. The van der Waals surface area contributed by atoms with Crippen molar-refractivity contribution in [2.45, 2.75) is 44.7 Å². The molecular formula is C14H21BrN2O2. The maximum Gasteiger partial charge on any atom is 0.222 e. The fraction of sp³-hybridized carbons (Fsp3) is 0.643. The predicted octanol–water partition coefficient (Wildman–Crippen LogP) is 2.92. The van der Waals surface area contributed by atoms with Crippen LogP contribution in [0.4, 0.5) is 0 Å². The molecule has 1 aliphatic rings. The van der Waals surface area contributed by atoms with Crippen LogP contribution in [-0.4, -0.2) is 30.4 Å². The van der Waals surface area contributed by atoms with E-state index >= 15 is 0 Å². The van der Waals surface area contributed by atoms with Crippen LogP contribution in [0.3, 0.4) is 0 Å². The first-order valence-corrected chi connectivity index (χ1v) is 7.66. The van der Waals surface area contributed by atoms with Gasteiger partial charge in [0.25, 0.3) is 0 Å². The molecular weight excluding hydrogens is 308 g/mol. The Hall–Kier alpha value is -0.810. The molecule has 2 heterocycles. The van der Waals surface area contributed by atoms with E-state index < -0.39 is 0 Å². The van der Waals surface area contributed by atoms with E-state index in [0.717, 1.165) is 18.7 Å². The van der Waals surface area contributed by atoms with Gasteiger partial charge in [-0.15, -0.1) is 0 Å². The Kier molecular flexibility index (Phi) is 5.45. The van der Waals surface area contributed by atoms with Crippen molar-refractivity contribution < 1.29 is 9.21 Å². The summed E-state index contributed by atoms with van der Waals surface area (Å²) in [5.41, 5.74) is 0. The van der Waals surface area contributed by atoms with Crippen LogP contribution >= 0.6 is 15.9 Å². The number of hydrogen-bond acceptors (Lipinski definition) is 3. The van der Waals surface area contributed by atoms with Gasteiger partial charge in [-0.1, -0.05) is 6.42 Å². The van der Waals surface area contributed by atoms with Gasteiger partial charge in [-0.05, 0) is 53.9 Å². The third-order valence-corrected chi connectivity index (χ3v) is 3.99. The quantitative estimate of drug-likeness (QED) is 0.903. The van der Waals surface area contributed by atoms with Crippen LogP contribution in [0.1, 0.15) is 37.9 Å². The molecule has 1 fully saturated rings. The van der Waals surface area contributed by atoms with Gasteiger partial charge in [0.2, 0.25) is 5.91 Å². The Morgan fingerprint density at radius 1 is 1.53 bits per heavy atom. The van der Waals surface area contributed by atoms with E-state index in [1.807, 2.05) is 19.2 Å². The molecule has 19 heavy (non-hydrogen) atoms. The third kappa shape index (κ3) is 4.66. The maximum absolute atomic E-state index is 12.0. The molecule has 106 valence electrons. The number of hydrogen-bond donors (Lipinski definition) is 1. The number of halogens is 1. The molecule has 0 saturated carbocycles. The number of nitrogens with zero attached hydrogens (tertiary/aromatic N) is 1. The lowest BCUT2D eigenvalue weighted by atomic mass is 10.0. The summed E-state index contributed by atoms with van der Waals surface area (Å²) in [6.45, 7) is 1.62. The second-order valence-electron chi connectivity index (χ2n) is 5.14. The third-order valence-electron chi connectivity index (χ3n) is 3.57. The molecule has 2 rings (SSSR count). The van der Waals surface area contributed by atoms with E-state index in [9.17, 15) is 4.79 Å². The summed E-state index contributed by atoms with van der Waals surface area (Å²) >= 11 is 3.26. The topological polar surface area (TPSA) is 45.5 Å². The molecule has 5 heteroatoms. The van der Waals surface area contributed by atoms with Crippen LogP contribution in [0.5, 0.6) is 0 Å². The molecule has 0 bridgehead atoms. The number of furan rings is 1. The van der Waals surface area contributed by atoms with E-state index in [-0.39, 0.29) is 5.91 Å². The minimum Gasteiger partial charge on any atom is -0.452 e. The number of carbonyl (C=O) groups is 1. The van der Waals surface area contributed by atoms with Crippen LogP contribution in [0, 0.1) is 0 Å². The van der Waals surface area contributed by atoms with Crippen molar-refractivity contribution in [3.63, 3.8) is 0 Å². The van der Waals surface area contributed by atoms with Gasteiger partial charge in [-0.3, -0.25) is 4.79 Å². The molecule has 0 aliphatic carbocycles. The summed E-state index contributed by atoms with van der Waals surface area (Å²) in [4.78, 5) is 13.8. The molecule has 1 aliphatic heterocycles. The van der Waals surface area contributed by atoms with Crippen LogP contribution in [0.15, 0.2) is 21.2 Å². The maximum atomic E-state index is 12.0. The number of rotatable bonds is 5. The van der Waals surface area contributed by atoms with E-state index in [0.29, 0.717) is 23.7 Å². The lowest BCUT2D eigenvalue weighted by Crippen LogP contribution is -2.35. The lowest BCUT2D eigenvalue weighted by Gasteiger charge is -2.24. The fourth-order valence-corrected chi connectivity index (χ4v) is 2.76. The molecule has 1 saturated heterocycles. The van der Waals surface area contributed by atoms with Crippen molar-refractivity contribution in [3.8, 4) is 0 Å². The normalized spacial score (nSPS) is 19.4. The highest BCUT2D eigenvalue weighted by molar-refractivity contribution is 9.10. The van der Waals surface area contributed by atoms with E-state index in [2.05, 4.69) is 21.2 Å². The molecule has 0 aromatic carbocycles. The minimum atomic E-state index is 0.180. The smallest absolute Gasteiger partial charge is 0.222 e. The van der Waals surface area contributed by atoms with Crippen molar-refractivity contribution in [1.29, 1.82) is 0 Å². The highest BCUT2D eigenvalue weighted by Gasteiger charge is 2.16. The predicted molar refractivity (Wildman–Crippen MR) is 77.8 cm³/mol. The molecule has 1 N–H and O–H groups in total. The van der Waals surface area contributed by atoms with Crippen LogP contribution in [0.25, 0.3) is 0 Å². The van der Waals surface area contributed by atoms with Crippen LogP contribution in [0.2, 0.25) is 0 Å². The summed E-state index contributed by atoms with van der Waals surface area (Å²) in [5.74, 6) is 0.985. The van der Waals surface area contributed by atoms with Gasteiger partial charge < -0.3 is 14.6 Å². The molecule has 0 radical (unpaired) electrons. The van der Waals surface area contributed by atoms with Crippen LogP contribution < -0.4 is 5.32 Å². The SMILES string of the molecule is CN(Cc1ccc(Br)o1)C(=O)CCC1CCCCN1. The average molecular weight is 329 g/mol. The summed E-state index contributed by atoms with van der Waals surface area (Å²) in [7, 11) is 1.83. The Labute approximate surface area is 122 Å². The number of carbonyl (C=O) groups excluding carboxylic acids is 1. The van der Waals surface area contributed by atoms with Gasteiger partial charge in [0, 0.05) is 19.5 Å². The largest absolute Gasteiger partial charge is 0.452 e. The van der Waals surface area contributed by atoms with E-state index in [1.165, 1.54) is 19.3 Å². The lowest BCUT2D eigenvalue weighted by molar-refractivity contribution is -0.130. The number of amides is 1. The molecule has 1 amide bonds. The Morgan fingerprint density at radius 2 is 2.37 bits per heavy atom. The number of nitrogens with one attached hydrogen (secondary N) is 1. The van der Waals surface area contributed by atoms with Crippen molar-refractivity contribution in [2.75, 3.05) is 13.6 Å². The first kappa shape index (κ1) is 14.6. The highest BCUT2D eigenvalue weighted by atomic mass is 79.9. The monoisotopic (exact) mass is 328 g/mol. The Balaban J connectivity index is 1.72. The molecule has 4 nitrogen and oxygen atoms in total. The van der Waals surface area contributed by atoms with Crippen molar-refractivity contribution in [3.05, 3.63) is 22.6 Å². The molecule has 1 atom stereocenters. The standard InChI is InChI=1S/C14H21BrN2O2/c1-17(10-12-6-7-13(15)19-12)14(18)8-5-11-4-2-3-9-16-11/h6-7,11,16H,2-5,8-10H2,1H3. The zero-order valence-corrected chi connectivity index (χ0v) is 12.9. The van der Waals surface area contributed by atoms with Crippen LogP contribution in [-0.2, 0) is 11.3 Å². The molecule has 1 aromatic heterocycles. The number of piperidine rings is 1. The van der Waals surface area contributed by atoms with Gasteiger partial charge in [-0.2, -0.15) is 0 Å². The summed E-state index contributed by atoms with van der Waals surface area (Å²) in [6.07, 6.45) is 5.28. The first-order valence-electron chi connectivity index (χ1n) is 6.86. The summed E-state index contributed by atoms with van der Waals surface area (Å²) in [6, 6.07) is 4.25. The zero-order valence-electron chi connectivity index (χ0n) is 11.3. The summed E-state index contributed by atoms with van der Waals surface area (Å²) < 4.78 is 6.11. The molecule has 0 spiro atoms. The van der Waals surface area contributed by atoms with E-state index in [4.69, 9.17) is 4.42 Å². The van der Waals surface area contributed by atoms with Gasteiger partial charge >= 0.3 is 0 Å². The van der Waals surface area contributed by atoms with E-state index in [1.54, 1.807) is 4.90 Å². The Bertz CT molecular complexity index is 413. The fourth-order valence-electron chi connectivity index (χ4n) is 2.42. The highest BCUT2D eigenvalue weighted by Crippen LogP contribution is 2.16. The average Bonchev–Trinajstić information content (AvgIpc) is 2.82. The van der Waals surface area contributed by atoms with Gasteiger partial charge in [0.1, 0.15) is 5.76 Å². The molecule has 1 aromatic rings. The second kappa shape index (κ2) is 7.10.